The Bertz CT molecular complexity index is 353. The molecule has 5 N–H and O–H groups in total. The zero-order valence-corrected chi connectivity index (χ0v) is 14.4. The van der Waals surface area contributed by atoms with Crippen molar-refractivity contribution >= 4 is 11.8 Å². The molecule has 134 valence electrons. The van der Waals surface area contributed by atoms with Gasteiger partial charge in [-0.05, 0) is 32.4 Å². The molecule has 2 amide bonds. The van der Waals surface area contributed by atoms with Crippen molar-refractivity contribution in [3.63, 3.8) is 0 Å². The first-order chi connectivity index (χ1) is 11.1. The third kappa shape index (κ3) is 10.8. The van der Waals surface area contributed by atoms with Gasteiger partial charge in [-0.15, -0.1) is 0 Å². The van der Waals surface area contributed by atoms with Crippen LogP contribution in [0.5, 0.6) is 0 Å². The van der Waals surface area contributed by atoms with Crippen LogP contribution in [0.3, 0.4) is 0 Å². The Kier molecular flexibility index (Phi) is 13.3. The van der Waals surface area contributed by atoms with Crippen LogP contribution >= 0.6 is 0 Å². The molecule has 0 radical (unpaired) electrons. The highest BCUT2D eigenvalue weighted by Crippen LogP contribution is 2.01. The SMILES string of the molecule is CC/C=C\COC[C@@H](NC(C)=O)C(=O)N(CCCN)CCCN. The number of rotatable bonds is 13. The topological polar surface area (TPSA) is 111 Å². The maximum Gasteiger partial charge on any atom is 0.247 e. The molecular formula is C16H32N4O3. The number of hydrogen-bond acceptors (Lipinski definition) is 5. The maximum atomic E-state index is 12.6. The molecule has 0 aromatic heterocycles. The van der Waals surface area contributed by atoms with Gasteiger partial charge in [-0.1, -0.05) is 19.1 Å². The summed E-state index contributed by atoms with van der Waals surface area (Å²) < 4.78 is 5.48. The quantitative estimate of drug-likeness (QED) is 0.325. The molecule has 0 bridgehead atoms. The van der Waals surface area contributed by atoms with Gasteiger partial charge >= 0.3 is 0 Å². The second-order valence-electron chi connectivity index (χ2n) is 5.28. The van der Waals surface area contributed by atoms with E-state index in [1.165, 1.54) is 6.92 Å². The van der Waals surface area contributed by atoms with Crippen molar-refractivity contribution in [1.82, 2.24) is 10.2 Å². The number of nitrogens with one attached hydrogen (secondary N) is 1. The van der Waals surface area contributed by atoms with Gasteiger partial charge in [0.05, 0.1) is 13.2 Å². The van der Waals surface area contributed by atoms with Gasteiger partial charge in [-0.2, -0.15) is 0 Å². The number of ether oxygens (including phenoxy) is 1. The molecule has 0 aliphatic rings. The zero-order chi connectivity index (χ0) is 17.5. The predicted octanol–water partition coefficient (Wildman–Crippen LogP) is 0.000100. The van der Waals surface area contributed by atoms with Crippen LogP contribution in [0.25, 0.3) is 0 Å². The Hall–Kier alpha value is -1.44. The summed E-state index contributed by atoms with van der Waals surface area (Å²) in [5.74, 6) is -0.407. The third-order valence-corrected chi connectivity index (χ3v) is 3.15. The number of carbonyl (C=O) groups excluding carboxylic acids is 2. The minimum atomic E-state index is -0.682. The van der Waals surface area contributed by atoms with Crippen LogP contribution in [-0.4, -0.2) is 62.1 Å². The second kappa shape index (κ2) is 14.2. The number of amides is 2. The maximum absolute atomic E-state index is 12.6. The molecule has 0 aromatic carbocycles. The molecule has 7 heteroatoms. The molecule has 0 unspecified atom stereocenters. The Morgan fingerprint density at radius 2 is 1.78 bits per heavy atom. The van der Waals surface area contributed by atoms with Crippen molar-refractivity contribution < 1.29 is 14.3 Å². The van der Waals surface area contributed by atoms with E-state index in [1.54, 1.807) is 4.90 Å². The first kappa shape index (κ1) is 21.6. The summed E-state index contributed by atoms with van der Waals surface area (Å²) in [6.07, 6.45) is 6.25. The number of allylic oxidation sites excluding steroid dienone is 1. The second-order valence-corrected chi connectivity index (χ2v) is 5.28. The van der Waals surface area contributed by atoms with E-state index in [1.807, 2.05) is 19.1 Å². The van der Waals surface area contributed by atoms with E-state index in [0.717, 1.165) is 6.42 Å². The molecule has 23 heavy (non-hydrogen) atoms. The minimum Gasteiger partial charge on any atom is -0.375 e. The summed E-state index contributed by atoms with van der Waals surface area (Å²) in [6.45, 7) is 6.12. The van der Waals surface area contributed by atoms with Crippen LogP contribution in [0.1, 0.15) is 33.1 Å². The van der Waals surface area contributed by atoms with Gasteiger partial charge in [0.25, 0.3) is 0 Å². The first-order valence-electron chi connectivity index (χ1n) is 8.25. The highest BCUT2D eigenvalue weighted by atomic mass is 16.5. The summed E-state index contributed by atoms with van der Waals surface area (Å²) in [4.78, 5) is 25.7. The van der Waals surface area contributed by atoms with Crippen molar-refractivity contribution in [3.8, 4) is 0 Å². The van der Waals surface area contributed by atoms with E-state index in [4.69, 9.17) is 16.2 Å². The van der Waals surface area contributed by atoms with Crippen LogP contribution < -0.4 is 16.8 Å². The Balaban J connectivity index is 4.68. The van der Waals surface area contributed by atoms with E-state index in [-0.39, 0.29) is 18.4 Å². The van der Waals surface area contributed by atoms with E-state index in [9.17, 15) is 9.59 Å². The van der Waals surface area contributed by atoms with Crippen molar-refractivity contribution in [3.05, 3.63) is 12.2 Å². The van der Waals surface area contributed by atoms with Gasteiger partial charge < -0.3 is 26.4 Å². The summed E-state index contributed by atoms with van der Waals surface area (Å²) >= 11 is 0. The highest BCUT2D eigenvalue weighted by molar-refractivity contribution is 5.87. The fraction of sp³-hybridized carbons (Fsp3) is 0.750. The van der Waals surface area contributed by atoms with Gasteiger partial charge in [-0.25, -0.2) is 0 Å². The highest BCUT2D eigenvalue weighted by Gasteiger charge is 2.24. The predicted molar refractivity (Wildman–Crippen MR) is 91.8 cm³/mol. The lowest BCUT2D eigenvalue weighted by Crippen LogP contribution is -2.51. The zero-order valence-electron chi connectivity index (χ0n) is 14.4. The molecule has 1 atom stereocenters. The van der Waals surface area contributed by atoms with Crippen molar-refractivity contribution in [1.29, 1.82) is 0 Å². The molecule has 0 aliphatic heterocycles. The lowest BCUT2D eigenvalue weighted by molar-refractivity contribution is -0.137. The monoisotopic (exact) mass is 328 g/mol. The summed E-state index contributed by atoms with van der Waals surface area (Å²) in [7, 11) is 0. The molecule has 0 saturated heterocycles. The molecule has 0 saturated carbocycles. The molecule has 0 heterocycles. The number of carbonyl (C=O) groups is 2. The Morgan fingerprint density at radius 3 is 2.26 bits per heavy atom. The van der Waals surface area contributed by atoms with Crippen LogP contribution in [0, 0.1) is 0 Å². The summed E-state index contributed by atoms with van der Waals surface area (Å²) in [5.41, 5.74) is 11.0. The lowest BCUT2D eigenvalue weighted by Gasteiger charge is -2.27. The lowest BCUT2D eigenvalue weighted by atomic mass is 10.2. The minimum absolute atomic E-state index is 0.147. The van der Waals surface area contributed by atoms with Crippen molar-refractivity contribution in [2.24, 2.45) is 11.5 Å². The van der Waals surface area contributed by atoms with E-state index < -0.39 is 6.04 Å². The Morgan fingerprint density at radius 1 is 1.17 bits per heavy atom. The first-order valence-corrected chi connectivity index (χ1v) is 8.25. The van der Waals surface area contributed by atoms with E-state index in [2.05, 4.69) is 5.32 Å². The summed E-state index contributed by atoms with van der Waals surface area (Å²) in [6, 6.07) is -0.682. The Labute approximate surface area is 139 Å². The van der Waals surface area contributed by atoms with Crippen LogP contribution in [-0.2, 0) is 14.3 Å². The van der Waals surface area contributed by atoms with Crippen LogP contribution in [0.4, 0.5) is 0 Å². The van der Waals surface area contributed by atoms with Gasteiger partial charge in [0.15, 0.2) is 0 Å². The molecule has 0 aliphatic carbocycles. The molecule has 7 nitrogen and oxygen atoms in total. The van der Waals surface area contributed by atoms with Gasteiger partial charge in [0.1, 0.15) is 6.04 Å². The standard InChI is InChI=1S/C16H32N4O3/c1-3-4-5-12-23-13-15(19-14(2)21)16(22)20(10-6-8-17)11-7-9-18/h4-5,15H,3,6-13,17-18H2,1-2H3,(H,19,21)/b5-4-/t15-/m1/s1. The van der Waals surface area contributed by atoms with Crippen molar-refractivity contribution in [2.75, 3.05) is 39.4 Å². The fourth-order valence-corrected chi connectivity index (χ4v) is 2.03. The van der Waals surface area contributed by atoms with Gasteiger partial charge in [0.2, 0.25) is 11.8 Å². The molecule has 0 spiro atoms. The van der Waals surface area contributed by atoms with Gasteiger partial charge in [-0.3, -0.25) is 9.59 Å². The van der Waals surface area contributed by atoms with Crippen molar-refractivity contribution in [2.45, 2.75) is 39.2 Å². The largest absolute Gasteiger partial charge is 0.375 e. The van der Waals surface area contributed by atoms with E-state index in [0.29, 0.717) is 45.6 Å². The average molecular weight is 328 g/mol. The average Bonchev–Trinajstić information content (AvgIpc) is 2.52. The number of hydrogen-bond donors (Lipinski definition) is 3. The van der Waals surface area contributed by atoms with Crippen LogP contribution in [0.2, 0.25) is 0 Å². The number of nitrogens with zero attached hydrogens (tertiary/aromatic N) is 1. The molecule has 0 fully saturated rings. The molecule has 0 aromatic rings. The number of nitrogens with two attached hydrogens (primary N) is 2. The molecular weight excluding hydrogens is 296 g/mol. The van der Waals surface area contributed by atoms with E-state index >= 15 is 0 Å². The van der Waals surface area contributed by atoms with Crippen LogP contribution in [0.15, 0.2) is 12.2 Å². The fourth-order valence-electron chi connectivity index (χ4n) is 2.03. The summed E-state index contributed by atoms with van der Waals surface area (Å²) in [5, 5.41) is 2.66. The smallest absolute Gasteiger partial charge is 0.247 e. The normalized spacial score (nSPS) is 12.3. The van der Waals surface area contributed by atoms with Gasteiger partial charge in [0, 0.05) is 20.0 Å². The molecule has 0 rings (SSSR count). The third-order valence-electron chi connectivity index (χ3n) is 3.15.